The van der Waals surface area contributed by atoms with E-state index in [0.29, 0.717) is 11.3 Å². The van der Waals surface area contributed by atoms with Crippen LogP contribution >= 0.6 is 11.8 Å². The van der Waals surface area contributed by atoms with Crippen molar-refractivity contribution in [2.75, 3.05) is 13.1 Å². The molecule has 1 saturated heterocycles. The van der Waals surface area contributed by atoms with Crippen LogP contribution in [-0.2, 0) is 5.75 Å². The predicted octanol–water partition coefficient (Wildman–Crippen LogP) is 4.08. The lowest BCUT2D eigenvalue weighted by atomic mass is 10.1. The van der Waals surface area contributed by atoms with Crippen LogP contribution < -0.4 is 0 Å². The van der Waals surface area contributed by atoms with Crippen molar-refractivity contribution in [3.63, 3.8) is 0 Å². The number of rotatable bonds is 4. The van der Waals surface area contributed by atoms with E-state index in [1.165, 1.54) is 31.0 Å². The summed E-state index contributed by atoms with van der Waals surface area (Å²) in [4.78, 5) is 19.3. The standard InChI is InChI=1S/C18H23N3O2S/c1-14-12-15(20-23-14)13-24-17-16(8-7-9-19-17)18(22)21-10-5-3-2-4-6-11-21/h7-9,12H,2-6,10-11,13H2,1H3. The summed E-state index contributed by atoms with van der Waals surface area (Å²) in [6.07, 6.45) is 7.63. The Labute approximate surface area is 146 Å². The van der Waals surface area contributed by atoms with Crippen LogP contribution in [0.4, 0.5) is 0 Å². The molecule has 3 rings (SSSR count). The molecule has 2 aromatic rings. The Bertz CT molecular complexity index is 678. The minimum atomic E-state index is 0.101. The number of amides is 1. The molecule has 0 aromatic carbocycles. The molecule has 1 amide bonds. The molecule has 6 heteroatoms. The van der Waals surface area contributed by atoms with Crippen molar-refractivity contribution in [2.24, 2.45) is 0 Å². The summed E-state index contributed by atoms with van der Waals surface area (Å²) >= 11 is 1.53. The van der Waals surface area contributed by atoms with Crippen molar-refractivity contribution >= 4 is 17.7 Å². The highest BCUT2D eigenvalue weighted by Crippen LogP contribution is 2.25. The summed E-state index contributed by atoms with van der Waals surface area (Å²) in [7, 11) is 0. The number of likely N-dealkylation sites (tertiary alicyclic amines) is 1. The Balaban J connectivity index is 1.71. The minimum absolute atomic E-state index is 0.101. The molecule has 3 heterocycles. The topological polar surface area (TPSA) is 59.2 Å². The largest absolute Gasteiger partial charge is 0.361 e. The molecular weight excluding hydrogens is 322 g/mol. The van der Waals surface area contributed by atoms with Gasteiger partial charge in [0.25, 0.3) is 5.91 Å². The van der Waals surface area contributed by atoms with Crippen molar-refractivity contribution in [3.8, 4) is 0 Å². The molecule has 1 aliphatic rings. The maximum absolute atomic E-state index is 12.9. The van der Waals surface area contributed by atoms with Crippen molar-refractivity contribution in [1.29, 1.82) is 0 Å². The highest BCUT2D eigenvalue weighted by atomic mass is 32.2. The molecule has 1 fully saturated rings. The van der Waals surface area contributed by atoms with Gasteiger partial charge in [0.1, 0.15) is 10.8 Å². The summed E-state index contributed by atoms with van der Waals surface area (Å²) < 4.78 is 5.09. The van der Waals surface area contributed by atoms with Gasteiger partial charge in [-0.3, -0.25) is 4.79 Å². The first kappa shape index (κ1) is 17.0. The first-order valence-electron chi connectivity index (χ1n) is 8.53. The second-order valence-electron chi connectivity index (χ2n) is 6.13. The van der Waals surface area contributed by atoms with Gasteiger partial charge in [0.15, 0.2) is 0 Å². The molecule has 2 aromatic heterocycles. The zero-order valence-electron chi connectivity index (χ0n) is 14.0. The maximum Gasteiger partial charge on any atom is 0.256 e. The molecule has 0 bridgehead atoms. The van der Waals surface area contributed by atoms with Crippen LogP contribution in [0.15, 0.2) is 33.9 Å². The number of carbonyl (C=O) groups excluding carboxylic acids is 1. The molecule has 0 aliphatic carbocycles. The fourth-order valence-corrected chi connectivity index (χ4v) is 3.78. The van der Waals surface area contributed by atoms with Gasteiger partial charge in [-0.2, -0.15) is 0 Å². The van der Waals surface area contributed by atoms with Crippen LogP contribution in [0.25, 0.3) is 0 Å². The van der Waals surface area contributed by atoms with E-state index in [1.807, 2.05) is 30.0 Å². The van der Waals surface area contributed by atoms with E-state index in [0.717, 1.165) is 42.4 Å². The zero-order chi connectivity index (χ0) is 16.8. The van der Waals surface area contributed by atoms with Crippen molar-refractivity contribution in [2.45, 2.75) is 49.8 Å². The second kappa shape index (κ2) is 8.33. The van der Waals surface area contributed by atoms with Gasteiger partial charge in [0.2, 0.25) is 0 Å². The Morgan fingerprint density at radius 2 is 2.00 bits per heavy atom. The molecule has 1 aliphatic heterocycles. The highest BCUT2D eigenvalue weighted by Gasteiger charge is 2.20. The molecule has 24 heavy (non-hydrogen) atoms. The summed E-state index contributed by atoms with van der Waals surface area (Å²) in [5, 5.41) is 4.77. The molecule has 0 N–H and O–H groups in total. The maximum atomic E-state index is 12.9. The van der Waals surface area contributed by atoms with E-state index in [-0.39, 0.29) is 5.91 Å². The third-order valence-corrected chi connectivity index (χ3v) is 5.22. The van der Waals surface area contributed by atoms with Gasteiger partial charge in [0, 0.05) is 31.1 Å². The van der Waals surface area contributed by atoms with Gasteiger partial charge in [-0.25, -0.2) is 4.98 Å². The third kappa shape index (κ3) is 4.38. The van der Waals surface area contributed by atoms with E-state index >= 15 is 0 Å². The molecular formula is C18H23N3O2S. The number of thioether (sulfide) groups is 1. The summed E-state index contributed by atoms with van der Waals surface area (Å²) in [5.74, 6) is 1.54. The van der Waals surface area contributed by atoms with Gasteiger partial charge >= 0.3 is 0 Å². The van der Waals surface area contributed by atoms with Crippen LogP contribution in [-0.4, -0.2) is 34.0 Å². The Morgan fingerprint density at radius 3 is 2.71 bits per heavy atom. The molecule has 0 unspecified atom stereocenters. The van der Waals surface area contributed by atoms with Crippen LogP contribution in [0.1, 0.15) is 53.9 Å². The molecule has 0 spiro atoms. The van der Waals surface area contributed by atoms with Gasteiger partial charge < -0.3 is 9.42 Å². The summed E-state index contributed by atoms with van der Waals surface area (Å²) in [5.41, 5.74) is 1.57. The second-order valence-corrected chi connectivity index (χ2v) is 7.10. The number of aryl methyl sites for hydroxylation is 1. The average molecular weight is 345 g/mol. The number of aromatic nitrogens is 2. The lowest BCUT2D eigenvalue weighted by Crippen LogP contribution is -2.34. The Morgan fingerprint density at radius 1 is 1.25 bits per heavy atom. The van der Waals surface area contributed by atoms with E-state index in [4.69, 9.17) is 4.52 Å². The van der Waals surface area contributed by atoms with E-state index in [1.54, 1.807) is 6.20 Å². The monoisotopic (exact) mass is 345 g/mol. The number of hydrogen-bond donors (Lipinski definition) is 0. The first-order chi connectivity index (χ1) is 11.7. The van der Waals surface area contributed by atoms with Crippen LogP contribution in [0.5, 0.6) is 0 Å². The first-order valence-corrected chi connectivity index (χ1v) is 9.52. The van der Waals surface area contributed by atoms with Crippen LogP contribution in [0.2, 0.25) is 0 Å². The van der Waals surface area contributed by atoms with Gasteiger partial charge in [-0.1, -0.05) is 36.2 Å². The fourth-order valence-electron chi connectivity index (χ4n) is 2.92. The van der Waals surface area contributed by atoms with E-state index in [2.05, 4.69) is 10.1 Å². The van der Waals surface area contributed by atoms with Crippen LogP contribution in [0, 0.1) is 6.92 Å². The smallest absolute Gasteiger partial charge is 0.256 e. The Hall–Kier alpha value is -1.82. The number of hydrogen-bond acceptors (Lipinski definition) is 5. The molecule has 128 valence electrons. The highest BCUT2D eigenvalue weighted by molar-refractivity contribution is 7.98. The normalized spacial score (nSPS) is 15.8. The number of pyridine rings is 1. The average Bonchev–Trinajstić information content (AvgIpc) is 2.98. The molecule has 0 saturated carbocycles. The van der Waals surface area contributed by atoms with Gasteiger partial charge in [-0.15, -0.1) is 0 Å². The lowest BCUT2D eigenvalue weighted by Gasteiger charge is -2.25. The van der Waals surface area contributed by atoms with Crippen molar-refractivity contribution in [1.82, 2.24) is 15.0 Å². The number of carbonyl (C=O) groups is 1. The summed E-state index contributed by atoms with van der Waals surface area (Å²) in [6, 6.07) is 5.63. The molecule has 0 radical (unpaired) electrons. The summed E-state index contributed by atoms with van der Waals surface area (Å²) in [6.45, 7) is 3.57. The Kier molecular flexibility index (Phi) is 5.91. The fraction of sp³-hybridized carbons (Fsp3) is 0.500. The minimum Gasteiger partial charge on any atom is -0.361 e. The van der Waals surface area contributed by atoms with Gasteiger partial charge in [0.05, 0.1) is 11.3 Å². The van der Waals surface area contributed by atoms with E-state index in [9.17, 15) is 4.79 Å². The third-order valence-electron chi connectivity index (χ3n) is 4.18. The predicted molar refractivity (Wildman–Crippen MR) is 94.0 cm³/mol. The van der Waals surface area contributed by atoms with Crippen molar-refractivity contribution in [3.05, 3.63) is 41.4 Å². The quantitative estimate of drug-likeness (QED) is 0.782. The zero-order valence-corrected chi connectivity index (χ0v) is 14.8. The number of nitrogens with zero attached hydrogens (tertiary/aromatic N) is 3. The van der Waals surface area contributed by atoms with Gasteiger partial charge in [-0.05, 0) is 31.9 Å². The van der Waals surface area contributed by atoms with Crippen LogP contribution in [0.3, 0.4) is 0 Å². The lowest BCUT2D eigenvalue weighted by molar-refractivity contribution is 0.0738. The molecule has 5 nitrogen and oxygen atoms in total. The molecule has 0 atom stereocenters. The van der Waals surface area contributed by atoms with E-state index < -0.39 is 0 Å². The SMILES string of the molecule is Cc1cc(CSc2ncccc2C(=O)N2CCCCCCC2)no1. The van der Waals surface area contributed by atoms with Crippen molar-refractivity contribution < 1.29 is 9.32 Å².